The van der Waals surface area contributed by atoms with Crippen molar-refractivity contribution in [2.24, 2.45) is 5.73 Å². The van der Waals surface area contributed by atoms with Crippen molar-refractivity contribution >= 4 is 29.3 Å². The van der Waals surface area contributed by atoms with Gasteiger partial charge in [0.1, 0.15) is 5.75 Å². The third-order valence-corrected chi connectivity index (χ3v) is 4.73. The van der Waals surface area contributed by atoms with E-state index in [9.17, 15) is 18.4 Å². The molecule has 0 aliphatic carbocycles. The number of ether oxygens (including phenoxy) is 1. The van der Waals surface area contributed by atoms with Crippen molar-refractivity contribution in [2.45, 2.75) is 11.8 Å². The van der Waals surface area contributed by atoms with Crippen LogP contribution in [0.2, 0.25) is 0 Å². The summed E-state index contributed by atoms with van der Waals surface area (Å²) in [7, 11) is 0. The lowest BCUT2D eigenvalue weighted by Crippen LogP contribution is -2.16. The number of amides is 2. The Bertz CT molecular complexity index is 1040. The molecule has 156 valence electrons. The van der Waals surface area contributed by atoms with E-state index in [1.807, 2.05) is 0 Å². The van der Waals surface area contributed by atoms with Gasteiger partial charge in [0.25, 0.3) is 0 Å². The number of nitrogen functional groups attached to an aromatic ring is 1. The average molecular weight is 434 g/mol. The van der Waals surface area contributed by atoms with E-state index in [0.717, 1.165) is 11.8 Å². The van der Waals surface area contributed by atoms with E-state index in [1.54, 1.807) is 12.1 Å². The first-order valence-corrected chi connectivity index (χ1v) is 9.40. The summed E-state index contributed by atoms with van der Waals surface area (Å²) >= 11 is 1.06. The molecule has 0 saturated carbocycles. The van der Waals surface area contributed by atoms with Crippen LogP contribution >= 0.6 is 11.8 Å². The van der Waals surface area contributed by atoms with Crippen LogP contribution in [0.5, 0.6) is 5.75 Å². The van der Waals surface area contributed by atoms with E-state index in [-0.39, 0.29) is 22.6 Å². The summed E-state index contributed by atoms with van der Waals surface area (Å²) in [4.78, 5) is 23.2. The van der Waals surface area contributed by atoms with Gasteiger partial charge in [0.05, 0.1) is 5.75 Å². The van der Waals surface area contributed by atoms with E-state index < -0.39 is 12.5 Å². The Morgan fingerprint density at radius 2 is 1.77 bits per heavy atom. The topological polar surface area (TPSA) is 138 Å². The predicted octanol–water partition coefficient (Wildman–Crippen LogP) is 2.09. The van der Waals surface area contributed by atoms with Crippen molar-refractivity contribution in [1.29, 1.82) is 0 Å². The fourth-order valence-corrected chi connectivity index (χ4v) is 3.06. The van der Waals surface area contributed by atoms with Crippen LogP contribution in [0.25, 0.3) is 11.4 Å². The Labute approximate surface area is 173 Å². The molecule has 5 N–H and O–H groups in total. The number of rotatable bonds is 8. The van der Waals surface area contributed by atoms with Crippen LogP contribution in [0.1, 0.15) is 10.4 Å². The molecule has 3 rings (SSSR count). The van der Waals surface area contributed by atoms with Crippen LogP contribution in [0.3, 0.4) is 0 Å². The monoisotopic (exact) mass is 434 g/mol. The summed E-state index contributed by atoms with van der Waals surface area (Å²) in [6.07, 6.45) is 0. The number of benzene rings is 2. The number of nitrogens with one attached hydrogen (secondary N) is 1. The Morgan fingerprint density at radius 3 is 2.37 bits per heavy atom. The molecule has 12 heteroatoms. The molecule has 0 radical (unpaired) electrons. The molecular weight excluding hydrogens is 418 g/mol. The highest BCUT2D eigenvalue weighted by molar-refractivity contribution is 7.99. The third-order valence-electron chi connectivity index (χ3n) is 3.79. The molecule has 3 aromatic rings. The number of hydrogen-bond donors (Lipinski definition) is 3. The Morgan fingerprint density at radius 1 is 1.10 bits per heavy atom. The molecule has 0 aliphatic rings. The lowest BCUT2D eigenvalue weighted by Gasteiger charge is -2.07. The van der Waals surface area contributed by atoms with Gasteiger partial charge < -0.3 is 21.6 Å². The van der Waals surface area contributed by atoms with Gasteiger partial charge >= 0.3 is 6.61 Å². The second-order valence-corrected chi connectivity index (χ2v) is 6.80. The number of hydrogen-bond acceptors (Lipinski definition) is 7. The number of nitrogens with two attached hydrogens (primary N) is 2. The van der Waals surface area contributed by atoms with Crippen LogP contribution in [0, 0.1) is 0 Å². The molecule has 0 bridgehead atoms. The summed E-state index contributed by atoms with van der Waals surface area (Å²) in [5.74, 6) is 5.42. The molecule has 0 unspecified atom stereocenters. The van der Waals surface area contributed by atoms with Gasteiger partial charge in [-0.2, -0.15) is 8.78 Å². The molecule has 1 heterocycles. The fourth-order valence-electron chi connectivity index (χ4n) is 2.40. The summed E-state index contributed by atoms with van der Waals surface area (Å²) < 4.78 is 29.9. The maximum atomic E-state index is 12.2. The maximum Gasteiger partial charge on any atom is 0.387 e. The zero-order valence-corrected chi connectivity index (χ0v) is 16.1. The molecule has 30 heavy (non-hydrogen) atoms. The van der Waals surface area contributed by atoms with Gasteiger partial charge in [0.15, 0.2) is 5.82 Å². The molecule has 0 spiro atoms. The minimum Gasteiger partial charge on any atom is -0.435 e. The van der Waals surface area contributed by atoms with Crippen molar-refractivity contribution in [3.8, 4) is 17.1 Å². The lowest BCUT2D eigenvalue weighted by molar-refractivity contribution is -0.113. The first kappa shape index (κ1) is 21.0. The number of carbonyl (C=O) groups excluding carboxylic acids is 2. The van der Waals surface area contributed by atoms with Crippen LogP contribution < -0.4 is 21.6 Å². The SMILES string of the molecule is NC(=O)c1ccc(NC(=O)CSc2nnc(-c3ccc(OC(F)F)cc3)n2N)cc1. The minimum atomic E-state index is -2.91. The number of anilines is 1. The Balaban J connectivity index is 1.59. The molecule has 0 atom stereocenters. The molecule has 0 saturated heterocycles. The number of halogens is 2. The van der Waals surface area contributed by atoms with E-state index >= 15 is 0 Å². The number of alkyl halides is 2. The minimum absolute atomic E-state index is 0.00645. The van der Waals surface area contributed by atoms with Crippen molar-refractivity contribution in [3.05, 3.63) is 54.1 Å². The van der Waals surface area contributed by atoms with Crippen LogP contribution in [0.4, 0.5) is 14.5 Å². The van der Waals surface area contributed by atoms with Gasteiger partial charge in [-0.1, -0.05) is 11.8 Å². The predicted molar refractivity (Wildman–Crippen MR) is 107 cm³/mol. The summed E-state index contributed by atoms with van der Waals surface area (Å²) in [5.41, 5.74) is 6.55. The largest absolute Gasteiger partial charge is 0.435 e. The van der Waals surface area contributed by atoms with E-state index in [1.165, 1.54) is 41.1 Å². The molecule has 2 aromatic carbocycles. The molecule has 9 nitrogen and oxygen atoms in total. The van der Waals surface area contributed by atoms with Gasteiger partial charge in [-0.3, -0.25) is 9.59 Å². The second-order valence-electron chi connectivity index (χ2n) is 5.86. The average Bonchev–Trinajstić information content (AvgIpc) is 3.07. The van der Waals surface area contributed by atoms with Crippen molar-refractivity contribution in [2.75, 3.05) is 16.9 Å². The fraction of sp³-hybridized carbons (Fsp3) is 0.111. The standard InChI is InChI=1S/C18H16F2N6O3S/c19-17(20)29-13-7-3-11(4-8-13)16-24-25-18(26(16)22)30-9-14(27)23-12-5-1-10(2-6-12)15(21)28/h1-8,17H,9,22H2,(H2,21,28)(H,23,27). The van der Waals surface area contributed by atoms with Gasteiger partial charge in [0.2, 0.25) is 17.0 Å². The zero-order valence-electron chi connectivity index (χ0n) is 15.3. The molecule has 1 aromatic heterocycles. The molecule has 0 fully saturated rings. The van der Waals surface area contributed by atoms with Gasteiger partial charge in [-0.05, 0) is 48.5 Å². The second kappa shape index (κ2) is 9.22. The van der Waals surface area contributed by atoms with Gasteiger partial charge in [-0.15, -0.1) is 10.2 Å². The molecular formula is C18H16F2N6O3S. The highest BCUT2D eigenvalue weighted by Gasteiger charge is 2.14. The van der Waals surface area contributed by atoms with Crippen molar-refractivity contribution in [1.82, 2.24) is 14.9 Å². The highest BCUT2D eigenvalue weighted by Crippen LogP contribution is 2.24. The summed E-state index contributed by atoms with van der Waals surface area (Å²) in [5, 5.41) is 10.9. The van der Waals surface area contributed by atoms with Crippen LogP contribution in [-0.2, 0) is 4.79 Å². The van der Waals surface area contributed by atoms with E-state index in [4.69, 9.17) is 11.6 Å². The first-order chi connectivity index (χ1) is 14.3. The number of aromatic nitrogens is 3. The van der Waals surface area contributed by atoms with Crippen LogP contribution in [0.15, 0.2) is 53.7 Å². The van der Waals surface area contributed by atoms with Gasteiger partial charge in [0, 0.05) is 16.8 Å². The molecule has 2 amide bonds. The number of nitrogens with zero attached hydrogens (tertiary/aromatic N) is 3. The highest BCUT2D eigenvalue weighted by atomic mass is 32.2. The first-order valence-electron chi connectivity index (χ1n) is 8.41. The number of primary amides is 1. The van der Waals surface area contributed by atoms with E-state index in [0.29, 0.717) is 22.6 Å². The Hall–Kier alpha value is -3.67. The lowest BCUT2D eigenvalue weighted by atomic mass is 10.2. The number of carbonyl (C=O) groups is 2. The van der Waals surface area contributed by atoms with Crippen LogP contribution in [-0.4, -0.2) is 39.1 Å². The Kier molecular flexibility index (Phi) is 6.47. The molecule has 0 aliphatic heterocycles. The zero-order chi connectivity index (χ0) is 21.7. The van der Waals surface area contributed by atoms with Crippen molar-refractivity contribution < 1.29 is 23.1 Å². The summed E-state index contributed by atoms with van der Waals surface area (Å²) in [6.45, 7) is -2.91. The smallest absolute Gasteiger partial charge is 0.387 e. The van der Waals surface area contributed by atoms with Crippen molar-refractivity contribution in [3.63, 3.8) is 0 Å². The normalized spacial score (nSPS) is 10.8. The van der Waals surface area contributed by atoms with E-state index in [2.05, 4.69) is 20.3 Å². The summed E-state index contributed by atoms with van der Waals surface area (Å²) in [6, 6.07) is 11.9. The maximum absolute atomic E-state index is 12.2. The third kappa shape index (κ3) is 5.23. The quantitative estimate of drug-likeness (QED) is 0.364. The van der Waals surface area contributed by atoms with Gasteiger partial charge in [-0.25, -0.2) is 4.68 Å². The number of thioether (sulfide) groups is 1.